The minimum Gasteiger partial charge on any atom is -0.433 e. The fourth-order valence-electron chi connectivity index (χ4n) is 1.46. The molecule has 1 aromatic heterocycles. The molecule has 94 valence electrons. The number of benzene rings is 1. The van der Waals surface area contributed by atoms with E-state index in [0.29, 0.717) is 5.69 Å². The Labute approximate surface area is 103 Å². The molecule has 0 N–H and O–H groups in total. The summed E-state index contributed by atoms with van der Waals surface area (Å²) < 4.78 is 5.87. The van der Waals surface area contributed by atoms with E-state index in [9.17, 15) is 9.59 Å². The lowest BCUT2D eigenvalue weighted by Gasteiger charge is -2.10. The number of carbonyl (C=O) groups is 1. The first-order chi connectivity index (χ1) is 8.72. The Morgan fingerprint density at radius 1 is 1.22 bits per heavy atom. The van der Waals surface area contributed by atoms with Crippen molar-refractivity contribution in [2.45, 2.75) is 6.92 Å². The van der Waals surface area contributed by atoms with Crippen LogP contribution < -0.4 is 10.4 Å². The summed E-state index contributed by atoms with van der Waals surface area (Å²) in [6.45, 7) is 1.87. The van der Waals surface area contributed by atoms with Crippen LogP contribution in [0, 0.1) is 0 Å². The van der Waals surface area contributed by atoms with Gasteiger partial charge in [0.25, 0.3) is 5.56 Å². The number of rotatable bonds is 3. The molecular weight excluding hydrogens is 236 g/mol. The summed E-state index contributed by atoms with van der Waals surface area (Å²) in [5, 5.41) is 0. The topological polar surface area (TPSA) is 62.5 Å². The van der Waals surface area contributed by atoms with Gasteiger partial charge in [-0.2, -0.15) is 4.68 Å². The Morgan fingerprint density at radius 3 is 2.61 bits per heavy atom. The summed E-state index contributed by atoms with van der Waals surface area (Å²) in [7, 11) is 0. The molecule has 0 spiro atoms. The van der Waals surface area contributed by atoms with Crippen molar-refractivity contribution in [2.75, 3.05) is 6.61 Å². The third kappa shape index (κ3) is 2.42. The highest BCUT2D eigenvalue weighted by molar-refractivity contribution is 5.60. The predicted molar refractivity (Wildman–Crippen MR) is 63.6 cm³/mol. The van der Waals surface area contributed by atoms with Crippen LogP contribution >= 0.6 is 0 Å². The van der Waals surface area contributed by atoms with Gasteiger partial charge in [-0.1, -0.05) is 18.2 Å². The Bertz CT molecular complexity index is 586. The molecule has 0 unspecified atom stereocenters. The minimum atomic E-state index is -0.863. The first-order valence-electron chi connectivity index (χ1n) is 5.43. The number of aromatic nitrogens is 2. The van der Waals surface area contributed by atoms with E-state index in [1.54, 1.807) is 31.2 Å². The van der Waals surface area contributed by atoms with Gasteiger partial charge < -0.3 is 4.74 Å². The number of nitrogens with zero attached hydrogens (tertiary/aromatic N) is 2. The van der Waals surface area contributed by atoms with Crippen LogP contribution in [-0.2, 0) is 4.74 Å². The molecule has 0 saturated heterocycles. The molecule has 0 saturated carbocycles. The van der Waals surface area contributed by atoms with Gasteiger partial charge in [0.05, 0.1) is 18.5 Å². The van der Waals surface area contributed by atoms with Crippen molar-refractivity contribution in [3.05, 3.63) is 52.9 Å². The lowest BCUT2D eigenvalue weighted by Crippen LogP contribution is -2.29. The SMILES string of the molecule is CCOC(=O)On1ccc(=O)n1-c1ccccc1. The average molecular weight is 248 g/mol. The van der Waals surface area contributed by atoms with Crippen molar-refractivity contribution in [3.8, 4) is 5.69 Å². The van der Waals surface area contributed by atoms with E-state index in [-0.39, 0.29) is 12.2 Å². The van der Waals surface area contributed by atoms with Crippen LogP contribution in [0.4, 0.5) is 4.79 Å². The van der Waals surface area contributed by atoms with Gasteiger partial charge in [-0.3, -0.25) is 9.63 Å². The highest BCUT2D eigenvalue weighted by Gasteiger charge is 2.10. The average Bonchev–Trinajstić information content (AvgIpc) is 2.72. The molecule has 1 aromatic carbocycles. The third-order valence-electron chi connectivity index (χ3n) is 2.18. The highest BCUT2D eigenvalue weighted by atomic mass is 16.8. The van der Waals surface area contributed by atoms with Crippen LogP contribution in [0.25, 0.3) is 5.69 Å². The van der Waals surface area contributed by atoms with E-state index in [1.807, 2.05) is 6.07 Å². The maximum atomic E-state index is 11.7. The Balaban J connectivity index is 2.34. The molecule has 0 aliphatic carbocycles. The number of ether oxygens (including phenoxy) is 1. The molecule has 0 fully saturated rings. The highest BCUT2D eigenvalue weighted by Crippen LogP contribution is 2.03. The fraction of sp³-hybridized carbons (Fsp3) is 0.167. The molecule has 0 atom stereocenters. The standard InChI is InChI=1S/C12H12N2O4/c1-2-17-12(16)18-13-9-8-11(15)14(13)10-6-4-3-5-7-10/h3-9H,2H2,1H3. The summed E-state index contributed by atoms with van der Waals surface area (Å²) in [6.07, 6.45) is 0.490. The van der Waals surface area contributed by atoms with Gasteiger partial charge in [0, 0.05) is 6.07 Å². The molecule has 0 aliphatic heterocycles. The monoisotopic (exact) mass is 248 g/mol. The first-order valence-corrected chi connectivity index (χ1v) is 5.43. The Morgan fingerprint density at radius 2 is 1.94 bits per heavy atom. The summed E-state index contributed by atoms with van der Waals surface area (Å²) in [5.74, 6) is 0. The predicted octanol–water partition coefficient (Wildman–Crippen LogP) is 1.22. The molecular formula is C12H12N2O4. The van der Waals surface area contributed by atoms with E-state index in [4.69, 9.17) is 4.84 Å². The Kier molecular flexibility index (Phi) is 3.47. The van der Waals surface area contributed by atoms with Gasteiger partial charge in [-0.25, -0.2) is 4.79 Å². The van der Waals surface area contributed by atoms with Gasteiger partial charge >= 0.3 is 6.16 Å². The summed E-state index contributed by atoms with van der Waals surface area (Å²) in [4.78, 5) is 28.8. The van der Waals surface area contributed by atoms with Crippen LogP contribution in [0.5, 0.6) is 0 Å². The first kappa shape index (κ1) is 12.0. The van der Waals surface area contributed by atoms with Crippen LogP contribution in [0.1, 0.15) is 6.92 Å². The third-order valence-corrected chi connectivity index (χ3v) is 2.18. The van der Waals surface area contributed by atoms with Gasteiger partial charge in [0.1, 0.15) is 0 Å². The summed E-state index contributed by atoms with van der Waals surface area (Å²) >= 11 is 0. The Hall–Kier alpha value is -2.50. The lowest BCUT2D eigenvalue weighted by atomic mass is 10.3. The second-order valence-electron chi connectivity index (χ2n) is 3.38. The molecule has 0 radical (unpaired) electrons. The van der Waals surface area contributed by atoms with Gasteiger partial charge in [0.15, 0.2) is 0 Å². The molecule has 18 heavy (non-hydrogen) atoms. The zero-order valence-corrected chi connectivity index (χ0v) is 9.78. The molecule has 2 rings (SSSR count). The molecule has 6 heteroatoms. The molecule has 6 nitrogen and oxygen atoms in total. The van der Waals surface area contributed by atoms with E-state index in [0.717, 1.165) is 4.85 Å². The van der Waals surface area contributed by atoms with Crippen molar-refractivity contribution in [3.63, 3.8) is 0 Å². The van der Waals surface area contributed by atoms with E-state index >= 15 is 0 Å². The molecule has 0 aliphatic rings. The van der Waals surface area contributed by atoms with Crippen LogP contribution in [0.2, 0.25) is 0 Å². The summed E-state index contributed by atoms with van der Waals surface area (Å²) in [5.41, 5.74) is 0.294. The van der Waals surface area contributed by atoms with Crippen molar-refractivity contribution in [1.29, 1.82) is 0 Å². The second-order valence-corrected chi connectivity index (χ2v) is 3.38. The zero-order chi connectivity index (χ0) is 13.0. The molecule has 0 bridgehead atoms. The van der Waals surface area contributed by atoms with Gasteiger partial charge in [0.2, 0.25) is 0 Å². The zero-order valence-electron chi connectivity index (χ0n) is 9.78. The number of para-hydroxylation sites is 1. The van der Waals surface area contributed by atoms with Crippen LogP contribution in [0.15, 0.2) is 47.4 Å². The van der Waals surface area contributed by atoms with Crippen molar-refractivity contribution >= 4 is 6.16 Å². The van der Waals surface area contributed by atoms with E-state index in [1.165, 1.54) is 16.9 Å². The fourth-order valence-corrected chi connectivity index (χ4v) is 1.46. The van der Waals surface area contributed by atoms with Crippen molar-refractivity contribution in [1.82, 2.24) is 9.53 Å². The lowest BCUT2D eigenvalue weighted by molar-refractivity contribution is 0.0338. The molecule has 1 heterocycles. The maximum absolute atomic E-state index is 11.7. The maximum Gasteiger partial charge on any atom is 0.535 e. The van der Waals surface area contributed by atoms with Crippen molar-refractivity contribution in [2.24, 2.45) is 0 Å². The molecule has 2 aromatic rings. The van der Waals surface area contributed by atoms with Crippen molar-refractivity contribution < 1.29 is 14.4 Å². The minimum absolute atomic E-state index is 0.204. The number of carbonyl (C=O) groups excluding carboxylic acids is 1. The second kappa shape index (κ2) is 5.22. The summed E-state index contributed by atoms with van der Waals surface area (Å²) in [6, 6.07) is 10.1. The molecule has 0 amide bonds. The van der Waals surface area contributed by atoms with Gasteiger partial charge in [-0.15, -0.1) is 4.85 Å². The van der Waals surface area contributed by atoms with E-state index < -0.39 is 6.16 Å². The smallest absolute Gasteiger partial charge is 0.433 e. The number of hydrogen-bond acceptors (Lipinski definition) is 4. The number of hydrogen-bond donors (Lipinski definition) is 0. The normalized spacial score (nSPS) is 10.1. The van der Waals surface area contributed by atoms with Gasteiger partial charge in [-0.05, 0) is 19.1 Å². The van der Waals surface area contributed by atoms with E-state index in [2.05, 4.69) is 4.74 Å². The van der Waals surface area contributed by atoms with Crippen LogP contribution in [0.3, 0.4) is 0 Å². The largest absolute Gasteiger partial charge is 0.535 e. The quantitative estimate of drug-likeness (QED) is 0.766. The van der Waals surface area contributed by atoms with Crippen LogP contribution in [-0.4, -0.2) is 22.3 Å².